The van der Waals surface area contributed by atoms with Crippen LogP contribution < -0.4 is 20.3 Å². The molecule has 1 aliphatic rings. The molecule has 130 valence electrons. The van der Waals surface area contributed by atoms with Crippen LogP contribution in [0.25, 0.3) is 0 Å². The molecular weight excluding hydrogens is 342 g/mol. The van der Waals surface area contributed by atoms with Gasteiger partial charge in [-0.05, 0) is 42.8 Å². The number of methoxy groups -OCH3 is 1. The van der Waals surface area contributed by atoms with Gasteiger partial charge in [-0.15, -0.1) is 0 Å². The van der Waals surface area contributed by atoms with Crippen LogP contribution in [0.5, 0.6) is 5.75 Å². The lowest BCUT2D eigenvalue weighted by atomic mass is 10.2. The average molecular weight is 360 g/mol. The third-order valence-corrected chi connectivity index (χ3v) is 4.13. The summed E-state index contributed by atoms with van der Waals surface area (Å²) >= 11 is 5.96. The van der Waals surface area contributed by atoms with E-state index in [0.717, 1.165) is 12.1 Å². The van der Waals surface area contributed by atoms with E-state index >= 15 is 0 Å². The Morgan fingerprint density at radius 3 is 2.76 bits per heavy atom. The summed E-state index contributed by atoms with van der Waals surface area (Å²) in [5.41, 5.74) is 1.84. The zero-order valence-electron chi connectivity index (χ0n) is 13.7. The highest BCUT2D eigenvalue weighted by atomic mass is 35.5. The highest BCUT2D eigenvalue weighted by Gasteiger charge is 2.21. The van der Waals surface area contributed by atoms with Crippen LogP contribution in [0.1, 0.15) is 12.8 Å². The summed E-state index contributed by atoms with van der Waals surface area (Å²) in [6.45, 7) is 0.703. The van der Waals surface area contributed by atoms with E-state index in [9.17, 15) is 9.59 Å². The Labute approximate surface area is 150 Å². The minimum absolute atomic E-state index is 0.102. The van der Waals surface area contributed by atoms with Crippen molar-refractivity contribution in [3.8, 4) is 5.75 Å². The average Bonchev–Trinajstić information content (AvgIpc) is 3.01. The zero-order chi connectivity index (χ0) is 17.8. The molecule has 0 radical (unpaired) electrons. The molecular formula is C18H18ClN3O3. The Bertz CT molecular complexity index is 810. The molecule has 25 heavy (non-hydrogen) atoms. The van der Waals surface area contributed by atoms with Crippen LogP contribution in [0.4, 0.5) is 21.9 Å². The van der Waals surface area contributed by atoms with Crippen LogP contribution in [0.3, 0.4) is 0 Å². The molecule has 3 amide bonds. The van der Waals surface area contributed by atoms with Crippen molar-refractivity contribution < 1.29 is 14.3 Å². The predicted molar refractivity (Wildman–Crippen MR) is 98.7 cm³/mol. The third kappa shape index (κ3) is 4.03. The third-order valence-electron chi connectivity index (χ3n) is 3.90. The highest BCUT2D eigenvalue weighted by molar-refractivity contribution is 6.31. The summed E-state index contributed by atoms with van der Waals surface area (Å²) in [6, 6.07) is 11.7. The first-order valence-corrected chi connectivity index (χ1v) is 8.26. The molecule has 0 bridgehead atoms. The normalized spacial score (nSPS) is 13.7. The fraction of sp³-hybridized carbons (Fsp3) is 0.222. The van der Waals surface area contributed by atoms with Crippen LogP contribution in [-0.2, 0) is 4.79 Å². The van der Waals surface area contributed by atoms with Crippen molar-refractivity contribution in [2.75, 3.05) is 29.2 Å². The Morgan fingerprint density at radius 2 is 2.04 bits per heavy atom. The molecule has 0 spiro atoms. The molecule has 2 N–H and O–H groups in total. The van der Waals surface area contributed by atoms with Gasteiger partial charge in [-0.1, -0.05) is 17.7 Å². The molecule has 1 heterocycles. The van der Waals surface area contributed by atoms with E-state index < -0.39 is 6.03 Å². The smallest absolute Gasteiger partial charge is 0.323 e. The number of nitrogens with zero attached hydrogens (tertiary/aromatic N) is 1. The lowest BCUT2D eigenvalue weighted by molar-refractivity contribution is -0.117. The van der Waals surface area contributed by atoms with E-state index in [0.29, 0.717) is 35.1 Å². The summed E-state index contributed by atoms with van der Waals surface area (Å²) in [5.74, 6) is 0.612. The molecule has 6 nitrogen and oxygen atoms in total. The molecule has 0 aliphatic carbocycles. The van der Waals surface area contributed by atoms with Crippen molar-refractivity contribution in [3.05, 3.63) is 47.5 Å². The standard InChI is InChI=1S/C18H18ClN3O3/c1-25-16-8-7-12(19)10-15(16)21-18(24)20-13-4-2-5-14(11-13)22-9-3-6-17(22)23/h2,4-5,7-8,10-11H,3,6,9H2,1H3,(H2,20,21,24). The molecule has 1 fully saturated rings. The lowest BCUT2D eigenvalue weighted by Gasteiger charge is -2.17. The highest BCUT2D eigenvalue weighted by Crippen LogP contribution is 2.28. The molecule has 2 aromatic carbocycles. The number of halogens is 1. The van der Waals surface area contributed by atoms with Crippen LogP contribution in [0.2, 0.25) is 5.02 Å². The van der Waals surface area contributed by atoms with E-state index in [2.05, 4.69) is 10.6 Å². The van der Waals surface area contributed by atoms with Gasteiger partial charge in [0, 0.05) is 29.4 Å². The molecule has 3 rings (SSSR count). The van der Waals surface area contributed by atoms with E-state index in [1.54, 1.807) is 41.3 Å². The number of ether oxygens (including phenoxy) is 1. The molecule has 0 saturated carbocycles. The van der Waals surface area contributed by atoms with Gasteiger partial charge < -0.3 is 20.3 Å². The second-order valence-corrected chi connectivity index (χ2v) is 6.06. The van der Waals surface area contributed by atoms with Crippen molar-refractivity contribution in [1.82, 2.24) is 0 Å². The van der Waals surface area contributed by atoms with Crippen molar-refractivity contribution in [2.24, 2.45) is 0 Å². The Morgan fingerprint density at radius 1 is 1.20 bits per heavy atom. The minimum Gasteiger partial charge on any atom is -0.495 e. The number of benzene rings is 2. The maximum absolute atomic E-state index is 12.3. The maximum atomic E-state index is 12.3. The van der Waals surface area contributed by atoms with Crippen LogP contribution in [0, 0.1) is 0 Å². The maximum Gasteiger partial charge on any atom is 0.323 e. The van der Waals surface area contributed by atoms with E-state index in [1.165, 1.54) is 7.11 Å². The lowest BCUT2D eigenvalue weighted by Crippen LogP contribution is -2.24. The second-order valence-electron chi connectivity index (χ2n) is 5.62. The largest absolute Gasteiger partial charge is 0.495 e. The number of anilines is 3. The summed E-state index contributed by atoms with van der Waals surface area (Å²) in [4.78, 5) is 25.8. The number of carbonyl (C=O) groups excluding carboxylic acids is 2. The number of amides is 3. The van der Waals surface area contributed by atoms with E-state index in [1.807, 2.05) is 6.07 Å². The SMILES string of the molecule is COc1ccc(Cl)cc1NC(=O)Nc1cccc(N2CCCC2=O)c1. The molecule has 7 heteroatoms. The van der Waals surface area contributed by atoms with Gasteiger partial charge in [-0.2, -0.15) is 0 Å². The van der Waals surface area contributed by atoms with E-state index in [-0.39, 0.29) is 5.91 Å². The van der Waals surface area contributed by atoms with Crippen LogP contribution >= 0.6 is 11.6 Å². The fourth-order valence-electron chi connectivity index (χ4n) is 2.74. The van der Waals surface area contributed by atoms with Crippen molar-refractivity contribution >= 4 is 40.6 Å². The molecule has 0 aromatic heterocycles. The molecule has 1 saturated heterocycles. The minimum atomic E-state index is -0.425. The van der Waals surface area contributed by atoms with Gasteiger partial charge in [0.2, 0.25) is 5.91 Å². The van der Waals surface area contributed by atoms with Gasteiger partial charge in [0.15, 0.2) is 0 Å². The van der Waals surface area contributed by atoms with Crippen LogP contribution in [0.15, 0.2) is 42.5 Å². The Balaban J connectivity index is 1.71. The van der Waals surface area contributed by atoms with Crippen LogP contribution in [-0.4, -0.2) is 25.6 Å². The summed E-state index contributed by atoms with van der Waals surface area (Å²) in [7, 11) is 1.52. The Kier molecular flexibility index (Phi) is 5.09. The predicted octanol–water partition coefficient (Wildman–Crippen LogP) is 4.12. The van der Waals surface area contributed by atoms with Gasteiger partial charge in [0.1, 0.15) is 5.75 Å². The van der Waals surface area contributed by atoms with Gasteiger partial charge in [-0.25, -0.2) is 4.79 Å². The molecule has 0 atom stereocenters. The number of hydrogen-bond donors (Lipinski definition) is 2. The van der Waals surface area contributed by atoms with Crippen molar-refractivity contribution in [1.29, 1.82) is 0 Å². The summed E-state index contributed by atoms with van der Waals surface area (Å²) in [5, 5.41) is 5.95. The molecule has 0 unspecified atom stereocenters. The quantitative estimate of drug-likeness (QED) is 0.862. The monoisotopic (exact) mass is 359 g/mol. The number of hydrogen-bond acceptors (Lipinski definition) is 3. The first-order valence-electron chi connectivity index (χ1n) is 7.89. The van der Waals surface area contributed by atoms with Gasteiger partial charge in [0.05, 0.1) is 12.8 Å². The van der Waals surface area contributed by atoms with E-state index in [4.69, 9.17) is 16.3 Å². The van der Waals surface area contributed by atoms with Crippen molar-refractivity contribution in [2.45, 2.75) is 12.8 Å². The zero-order valence-corrected chi connectivity index (χ0v) is 14.5. The molecule has 1 aliphatic heterocycles. The number of rotatable bonds is 4. The van der Waals surface area contributed by atoms with Gasteiger partial charge >= 0.3 is 6.03 Å². The number of nitrogens with one attached hydrogen (secondary N) is 2. The number of carbonyl (C=O) groups is 2. The first-order chi connectivity index (χ1) is 12.1. The Hall–Kier alpha value is -2.73. The summed E-state index contributed by atoms with van der Waals surface area (Å²) < 4.78 is 5.20. The first kappa shape index (κ1) is 17.1. The van der Waals surface area contributed by atoms with Crippen molar-refractivity contribution in [3.63, 3.8) is 0 Å². The second kappa shape index (κ2) is 7.44. The van der Waals surface area contributed by atoms with Gasteiger partial charge in [0.25, 0.3) is 0 Å². The van der Waals surface area contributed by atoms with Gasteiger partial charge in [-0.3, -0.25) is 4.79 Å². The topological polar surface area (TPSA) is 70.7 Å². The fourth-order valence-corrected chi connectivity index (χ4v) is 2.91. The summed E-state index contributed by atoms with van der Waals surface area (Å²) in [6.07, 6.45) is 1.41. The molecule has 2 aromatic rings. The number of urea groups is 1.